The van der Waals surface area contributed by atoms with Crippen LogP contribution in [0, 0.1) is 11.8 Å². The van der Waals surface area contributed by atoms with Crippen molar-refractivity contribution in [2.45, 2.75) is 32.4 Å². The van der Waals surface area contributed by atoms with E-state index in [9.17, 15) is 4.79 Å². The van der Waals surface area contributed by atoms with Crippen molar-refractivity contribution in [3.63, 3.8) is 0 Å². The molecule has 1 amide bonds. The third-order valence-corrected chi connectivity index (χ3v) is 4.81. The lowest BCUT2D eigenvalue weighted by molar-refractivity contribution is 0.0430. The average Bonchev–Trinajstić information content (AvgIpc) is 2.90. The molecule has 0 radical (unpaired) electrons. The molecule has 108 valence electrons. The summed E-state index contributed by atoms with van der Waals surface area (Å²) in [6.07, 6.45) is 2.29. The fourth-order valence-electron chi connectivity index (χ4n) is 3.53. The first kappa shape index (κ1) is 13.6. The third-order valence-electron chi connectivity index (χ3n) is 4.81. The molecule has 0 saturated carbocycles. The lowest BCUT2D eigenvalue weighted by atomic mass is 9.80. The van der Waals surface area contributed by atoms with E-state index in [1.807, 2.05) is 12.1 Å². The van der Waals surface area contributed by atoms with Gasteiger partial charge in [0.2, 0.25) is 5.91 Å². The molecular formula is C16H22N2O2. The second kappa shape index (κ2) is 5.54. The molecule has 0 aliphatic carbocycles. The Labute approximate surface area is 119 Å². The summed E-state index contributed by atoms with van der Waals surface area (Å²) in [5.74, 6) is 0.941. The summed E-state index contributed by atoms with van der Waals surface area (Å²) < 4.78 is 5.45. The molecule has 2 aliphatic heterocycles. The highest BCUT2D eigenvalue weighted by atomic mass is 16.5. The maximum atomic E-state index is 11.3. The summed E-state index contributed by atoms with van der Waals surface area (Å²) in [6, 6.07) is 6.23. The van der Waals surface area contributed by atoms with Gasteiger partial charge in [0.25, 0.3) is 0 Å². The van der Waals surface area contributed by atoms with Crippen LogP contribution in [0.25, 0.3) is 0 Å². The van der Waals surface area contributed by atoms with Crippen LogP contribution in [0.2, 0.25) is 0 Å². The molecule has 3 rings (SSSR count). The van der Waals surface area contributed by atoms with Crippen molar-refractivity contribution >= 4 is 5.91 Å². The average molecular weight is 274 g/mol. The summed E-state index contributed by atoms with van der Waals surface area (Å²) in [4.78, 5) is 11.3. The topological polar surface area (TPSA) is 64.3 Å². The van der Waals surface area contributed by atoms with E-state index in [-0.39, 0.29) is 5.91 Å². The maximum absolute atomic E-state index is 11.3. The Hall–Kier alpha value is -1.39. The van der Waals surface area contributed by atoms with Crippen molar-refractivity contribution in [1.82, 2.24) is 5.32 Å². The van der Waals surface area contributed by atoms with Crippen molar-refractivity contribution in [3.05, 3.63) is 34.9 Å². The van der Waals surface area contributed by atoms with E-state index in [0.717, 1.165) is 32.6 Å². The number of hydrogen-bond donors (Lipinski definition) is 2. The molecule has 20 heavy (non-hydrogen) atoms. The Morgan fingerprint density at radius 2 is 2.15 bits per heavy atom. The first-order chi connectivity index (χ1) is 9.66. The summed E-state index contributed by atoms with van der Waals surface area (Å²) >= 11 is 0. The van der Waals surface area contributed by atoms with Gasteiger partial charge in [0.15, 0.2) is 0 Å². The Morgan fingerprint density at radius 3 is 2.85 bits per heavy atom. The minimum Gasteiger partial charge on any atom is -0.381 e. The SMILES string of the molecule is C[C@@H](C1CCOCC1)C1NCc2cc(C(N)=O)ccc21. The van der Waals surface area contributed by atoms with E-state index in [2.05, 4.69) is 18.3 Å². The predicted molar refractivity (Wildman–Crippen MR) is 77.2 cm³/mol. The summed E-state index contributed by atoms with van der Waals surface area (Å²) in [6.45, 7) is 4.92. The number of carbonyl (C=O) groups excluding carboxylic acids is 1. The van der Waals surface area contributed by atoms with Crippen molar-refractivity contribution < 1.29 is 9.53 Å². The van der Waals surface area contributed by atoms with Gasteiger partial charge >= 0.3 is 0 Å². The molecule has 1 aromatic carbocycles. The summed E-state index contributed by atoms with van der Waals surface area (Å²) in [5, 5.41) is 3.59. The second-order valence-electron chi connectivity index (χ2n) is 5.95. The van der Waals surface area contributed by atoms with Crippen LogP contribution in [-0.4, -0.2) is 19.1 Å². The fraction of sp³-hybridized carbons (Fsp3) is 0.562. The number of amides is 1. The Bertz CT molecular complexity index is 509. The largest absolute Gasteiger partial charge is 0.381 e. The van der Waals surface area contributed by atoms with E-state index in [1.54, 1.807) is 0 Å². The molecule has 1 saturated heterocycles. The first-order valence-corrected chi connectivity index (χ1v) is 7.40. The molecule has 2 aliphatic rings. The van der Waals surface area contributed by atoms with Gasteiger partial charge in [-0.15, -0.1) is 0 Å². The van der Waals surface area contributed by atoms with Crippen LogP contribution in [-0.2, 0) is 11.3 Å². The molecular weight excluding hydrogens is 252 g/mol. The Kier molecular flexibility index (Phi) is 3.76. The van der Waals surface area contributed by atoms with Gasteiger partial charge in [-0.3, -0.25) is 4.79 Å². The molecule has 1 fully saturated rings. The molecule has 1 aromatic rings. The zero-order valence-corrected chi connectivity index (χ0v) is 11.9. The number of carbonyl (C=O) groups is 1. The molecule has 0 bridgehead atoms. The van der Waals surface area contributed by atoms with E-state index in [4.69, 9.17) is 10.5 Å². The Morgan fingerprint density at radius 1 is 1.40 bits per heavy atom. The fourth-order valence-corrected chi connectivity index (χ4v) is 3.53. The number of rotatable bonds is 3. The van der Waals surface area contributed by atoms with Gasteiger partial charge in [-0.2, -0.15) is 0 Å². The zero-order chi connectivity index (χ0) is 14.1. The minimum absolute atomic E-state index is 0.353. The third kappa shape index (κ3) is 2.45. The molecule has 3 N–H and O–H groups in total. The van der Waals surface area contributed by atoms with Crippen molar-refractivity contribution in [1.29, 1.82) is 0 Å². The molecule has 2 atom stereocenters. The van der Waals surface area contributed by atoms with E-state index in [0.29, 0.717) is 23.4 Å². The van der Waals surface area contributed by atoms with Gasteiger partial charge in [0.1, 0.15) is 0 Å². The molecule has 4 nitrogen and oxygen atoms in total. The quantitative estimate of drug-likeness (QED) is 0.886. The lowest BCUT2D eigenvalue weighted by Gasteiger charge is -2.32. The number of nitrogens with two attached hydrogens (primary N) is 1. The van der Waals surface area contributed by atoms with Crippen molar-refractivity contribution in [2.24, 2.45) is 17.6 Å². The monoisotopic (exact) mass is 274 g/mol. The highest BCUT2D eigenvalue weighted by Gasteiger charge is 2.32. The van der Waals surface area contributed by atoms with Crippen LogP contribution < -0.4 is 11.1 Å². The number of benzene rings is 1. The van der Waals surface area contributed by atoms with E-state index >= 15 is 0 Å². The number of primary amides is 1. The van der Waals surface area contributed by atoms with Crippen LogP contribution in [0.3, 0.4) is 0 Å². The van der Waals surface area contributed by atoms with Crippen molar-refractivity contribution in [3.8, 4) is 0 Å². The molecule has 4 heteroatoms. The smallest absolute Gasteiger partial charge is 0.248 e. The zero-order valence-electron chi connectivity index (χ0n) is 11.9. The Balaban J connectivity index is 1.80. The van der Waals surface area contributed by atoms with Gasteiger partial charge in [-0.1, -0.05) is 13.0 Å². The highest BCUT2D eigenvalue weighted by molar-refractivity contribution is 5.93. The van der Waals surface area contributed by atoms with Crippen LogP contribution in [0.1, 0.15) is 47.3 Å². The van der Waals surface area contributed by atoms with Crippen molar-refractivity contribution in [2.75, 3.05) is 13.2 Å². The number of nitrogens with one attached hydrogen (secondary N) is 1. The van der Waals surface area contributed by atoms with Gasteiger partial charge in [0.05, 0.1) is 0 Å². The van der Waals surface area contributed by atoms with Gasteiger partial charge in [0, 0.05) is 31.4 Å². The molecule has 1 unspecified atom stereocenters. The number of hydrogen-bond acceptors (Lipinski definition) is 3. The molecule has 2 heterocycles. The van der Waals surface area contributed by atoms with E-state index in [1.165, 1.54) is 11.1 Å². The normalized spacial score (nSPS) is 24.4. The van der Waals surface area contributed by atoms with E-state index < -0.39 is 0 Å². The van der Waals surface area contributed by atoms with Crippen LogP contribution in [0.15, 0.2) is 18.2 Å². The van der Waals surface area contributed by atoms with Gasteiger partial charge in [-0.25, -0.2) is 0 Å². The first-order valence-electron chi connectivity index (χ1n) is 7.40. The summed E-state index contributed by atoms with van der Waals surface area (Å²) in [7, 11) is 0. The summed E-state index contributed by atoms with van der Waals surface area (Å²) in [5.41, 5.74) is 8.49. The molecule has 0 aromatic heterocycles. The van der Waals surface area contributed by atoms with Crippen LogP contribution in [0.5, 0.6) is 0 Å². The molecule has 0 spiro atoms. The number of ether oxygens (including phenoxy) is 1. The highest BCUT2D eigenvalue weighted by Crippen LogP contribution is 2.38. The standard InChI is InChI=1S/C16H22N2O2/c1-10(11-4-6-20-7-5-11)15-14-3-2-12(16(17)19)8-13(14)9-18-15/h2-3,8,10-11,15,18H,4-7,9H2,1H3,(H2,17,19)/t10-,15?/m0/s1. The van der Waals surface area contributed by atoms with Gasteiger partial charge in [-0.05, 0) is 47.9 Å². The number of fused-ring (bicyclic) bond motifs is 1. The predicted octanol–water partition coefficient (Wildman–Crippen LogP) is 1.99. The minimum atomic E-state index is -0.353. The van der Waals surface area contributed by atoms with Gasteiger partial charge < -0.3 is 15.8 Å². The van der Waals surface area contributed by atoms with Crippen LogP contribution in [0.4, 0.5) is 0 Å². The lowest BCUT2D eigenvalue weighted by Crippen LogP contribution is -2.30. The van der Waals surface area contributed by atoms with Crippen LogP contribution >= 0.6 is 0 Å². The second-order valence-corrected chi connectivity index (χ2v) is 5.95. The maximum Gasteiger partial charge on any atom is 0.248 e.